The van der Waals surface area contributed by atoms with Crippen LogP contribution in [0.5, 0.6) is 0 Å². The summed E-state index contributed by atoms with van der Waals surface area (Å²) >= 11 is 1.37. The quantitative estimate of drug-likeness (QED) is 0.765. The second kappa shape index (κ2) is 3.59. The average Bonchev–Trinajstić information content (AvgIpc) is 2.70. The standard InChI is InChI=1S/C9H12N2O2S/c10-8(12)7-6(4-14-9(7)11)5-1-2-13-3-5/h4-5H,1-3,11H2,(H2,10,12). The molecule has 0 aromatic carbocycles. The minimum atomic E-state index is -0.439. The predicted molar refractivity (Wildman–Crippen MR) is 55.4 cm³/mol. The van der Waals surface area contributed by atoms with Gasteiger partial charge in [0, 0.05) is 12.5 Å². The van der Waals surface area contributed by atoms with Crippen molar-refractivity contribution >= 4 is 22.2 Å². The van der Waals surface area contributed by atoms with E-state index in [4.69, 9.17) is 16.2 Å². The zero-order chi connectivity index (χ0) is 10.1. The zero-order valence-corrected chi connectivity index (χ0v) is 8.47. The van der Waals surface area contributed by atoms with Gasteiger partial charge in [0.1, 0.15) is 0 Å². The van der Waals surface area contributed by atoms with Gasteiger partial charge in [-0.25, -0.2) is 0 Å². The molecule has 0 saturated carbocycles. The minimum Gasteiger partial charge on any atom is -0.390 e. The zero-order valence-electron chi connectivity index (χ0n) is 7.66. The summed E-state index contributed by atoms with van der Waals surface area (Å²) in [6.45, 7) is 1.41. The van der Waals surface area contributed by atoms with Gasteiger partial charge in [-0.2, -0.15) is 0 Å². The number of primary amides is 1. The third-order valence-electron chi connectivity index (χ3n) is 2.46. The van der Waals surface area contributed by atoms with Crippen LogP contribution in [0.15, 0.2) is 5.38 Å². The number of hydrogen-bond donors (Lipinski definition) is 2. The molecule has 1 aromatic heterocycles. The fourth-order valence-electron chi connectivity index (χ4n) is 1.73. The Morgan fingerprint density at radius 1 is 1.64 bits per heavy atom. The van der Waals surface area contributed by atoms with Gasteiger partial charge in [-0.05, 0) is 17.4 Å². The monoisotopic (exact) mass is 212 g/mol. The smallest absolute Gasteiger partial charge is 0.251 e. The SMILES string of the molecule is NC(=O)c1c(C2CCOC2)csc1N. The van der Waals surface area contributed by atoms with Crippen LogP contribution in [0.1, 0.15) is 28.3 Å². The highest BCUT2D eigenvalue weighted by molar-refractivity contribution is 7.14. The van der Waals surface area contributed by atoms with E-state index in [-0.39, 0.29) is 5.92 Å². The van der Waals surface area contributed by atoms with E-state index in [1.165, 1.54) is 11.3 Å². The van der Waals surface area contributed by atoms with E-state index in [0.29, 0.717) is 17.2 Å². The molecule has 1 atom stereocenters. The number of carbonyl (C=O) groups is 1. The lowest BCUT2D eigenvalue weighted by Crippen LogP contribution is -2.15. The molecule has 4 nitrogen and oxygen atoms in total. The molecule has 1 unspecified atom stereocenters. The molecule has 2 heterocycles. The van der Waals surface area contributed by atoms with Crippen molar-refractivity contribution in [1.82, 2.24) is 0 Å². The van der Waals surface area contributed by atoms with Crippen molar-refractivity contribution < 1.29 is 9.53 Å². The third kappa shape index (κ3) is 1.49. The Balaban J connectivity index is 2.37. The maximum Gasteiger partial charge on any atom is 0.251 e. The fraction of sp³-hybridized carbons (Fsp3) is 0.444. The number of nitrogen functional groups attached to an aromatic ring is 1. The molecule has 0 radical (unpaired) electrons. The normalized spacial score (nSPS) is 21.3. The van der Waals surface area contributed by atoms with Gasteiger partial charge in [0.15, 0.2) is 0 Å². The van der Waals surface area contributed by atoms with Crippen molar-refractivity contribution in [3.8, 4) is 0 Å². The highest BCUT2D eigenvalue weighted by atomic mass is 32.1. The van der Waals surface area contributed by atoms with Crippen LogP contribution in [0, 0.1) is 0 Å². The molecule has 1 amide bonds. The first kappa shape index (κ1) is 9.48. The molecular formula is C9H12N2O2S. The molecule has 14 heavy (non-hydrogen) atoms. The molecule has 0 aliphatic carbocycles. The Labute approximate surface area is 85.8 Å². The molecule has 1 saturated heterocycles. The van der Waals surface area contributed by atoms with Gasteiger partial charge in [-0.3, -0.25) is 4.79 Å². The Bertz CT molecular complexity index is 356. The molecule has 1 aromatic rings. The van der Waals surface area contributed by atoms with E-state index in [2.05, 4.69) is 0 Å². The van der Waals surface area contributed by atoms with Crippen molar-refractivity contribution in [2.24, 2.45) is 5.73 Å². The number of carbonyl (C=O) groups excluding carboxylic acids is 1. The van der Waals surface area contributed by atoms with E-state index in [9.17, 15) is 4.79 Å². The second-order valence-corrected chi connectivity index (χ2v) is 4.27. The number of hydrogen-bond acceptors (Lipinski definition) is 4. The van der Waals surface area contributed by atoms with Crippen LogP contribution in [0.25, 0.3) is 0 Å². The van der Waals surface area contributed by atoms with Crippen molar-refractivity contribution in [3.05, 3.63) is 16.5 Å². The Morgan fingerprint density at radius 2 is 2.43 bits per heavy atom. The Morgan fingerprint density at radius 3 is 3.00 bits per heavy atom. The summed E-state index contributed by atoms with van der Waals surface area (Å²) in [5.41, 5.74) is 12.4. The van der Waals surface area contributed by atoms with Gasteiger partial charge in [0.2, 0.25) is 0 Å². The Hall–Kier alpha value is -1.07. The van der Waals surface area contributed by atoms with Gasteiger partial charge < -0.3 is 16.2 Å². The van der Waals surface area contributed by atoms with E-state index in [1.54, 1.807) is 0 Å². The van der Waals surface area contributed by atoms with Gasteiger partial charge >= 0.3 is 0 Å². The van der Waals surface area contributed by atoms with Crippen LogP contribution in [0.2, 0.25) is 0 Å². The summed E-state index contributed by atoms with van der Waals surface area (Å²) in [5.74, 6) is -0.156. The van der Waals surface area contributed by atoms with Crippen LogP contribution < -0.4 is 11.5 Å². The highest BCUT2D eigenvalue weighted by Gasteiger charge is 2.25. The highest BCUT2D eigenvalue weighted by Crippen LogP contribution is 2.34. The summed E-state index contributed by atoms with van der Waals surface area (Å²) in [4.78, 5) is 11.2. The maximum absolute atomic E-state index is 11.2. The lowest BCUT2D eigenvalue weighted by Gasteiger charge is -2.07. The van der Waals surface area contributed by atoms with E-state index in [0.717, 1.165) is 18.6 Å². The summed E-state index contributed by atoms with van der Waals surface area (Å²) in [6, 6.07) is 0. The number of thiophene rings is 1. The number of amides is 1. The van der Waals surface area contributed by atoms with Gasteiger partial charge in [-0.15, -0.1) is 11.3 Å². The van der Waals surface area contributed by atoms with Crippen LogP contribution in [0.3, 0.4) is 0 Å². The summed E-state index contributed by atoms with van der Waals surface area (Å²) in [7, 11) is 0. The lowest BCUT2D eigenvalue weighted by atomic mass is 9.97. The summed E-state index contributed by atoms with van der Waals surface area (Å²) in [6.07, 6.45) is 0.941. The third-order valence-corrected chi connectivity index (χ3v) is 3.29. The van der Waals surface area contributed by atoms with Crippen LogP contribution in [-0.4, -0.2) is 19.1 Å². The first-order valence-electron chi connectivity index (χ1n) is 4.44. The molecule has 1 aliphatic rings. The number of rotatable bonds is 2. The second-order valence-electron chi connectivity index (χ2n) is 3.36. The molecular weight excluding hydrogens is 200 g/mol. The largest absolute Gasteiger partial charge is 0.390 e. The number of nitrogens with two attached hydrogens (primary N) is 2. The molecule has 0 spiro atoms. The van der Waals surface area contributed by atoms with Gasteiger partial charge in [0.05, 0.1) is 17.2 Å². The molecule has 0 bridgehead atoms. The van der Waals surface area contributed by atoms with Crippen molar-refractivity contribution in [3.63, 3.8) is 0 Å². The molecule has 76 valence electrons. The molecule has 1 fully saturated rings. The van der Waals surface area contributed by atoms with E-state index in [1.807, 2.05) is 5.38 Å². The van der Waals surface area contributed by atoms with Crippen molar-refractivity contribution in [1.29, 1.82) is 0 Å². The fourth-order valence-corrected chi connectivity index (χ4v) is 2.63. The van der Waals surface area contributed by atoms with Crippen molar-refractivity contribution in [2.75, 3.05) is 18.9 Å². The molecule has 5 heteroatoms. The molecule has 1 aliphatic heterocycles. The molecule has 4 N–H and O–H groups in total. The summed E-state index contributed by atoms with van der Waals surface area (Å²) < 4.78 is 5.27. The van der Waals surface area contributed by atoms with Gasteiger partial charge in [-0.1, -0.05) is 0 Å². The molecule has 2 rings (SSSR count). The first-order valence-corrected chi connectivity index (χ1v) is 5.32. The first-order chi connectivity index (χ1) is 6.70. The van der Waals surface area contributed by atoms with Crippen LogP contribution in [0.4, 0.5) is 5.00 Å². The number of ether oxygens (including phenoxy) is 1. The van der Waals surface area contributed by atoms with Gasteiger partial charge in [0.25, 0.3) is 5.91 Å². The average molecular weight is 212 g/mol. The van der Waals surface area contributed by atoms with Crippen LogP contribution >= 0.6 is 11.3 Å². The maximum atomic E-state index is 11.2. The van der Waals surface area contributed by atoms with E-state index < -0.39 is 5.91 Å². The van der Waals surface area contributed by atoms with E-state index >= 15 is 0 Å². The lowest BCUT2D eigenvalue weighted by molar-refractivity contribution is 0.1000. The van der Waals surface area contributed by atoms with Crippen LogP contribution in [-0.2, 0) is 4.74 Å². The summed E-state index contributed by atoms with van der Waals surface area (Å²) in [5, 5.41) is 2.42. The Kier molecular flexibility index (Phi) is 2.43. The van der Waals surface area contributed by atoms with Crippen molar-refractivity contribution in [2.45, 2.75) is 12.3 Å². The topological polar surface area (TPSA) is 78.3 Å². The minimum absolute atomic E-state index is 0.283. The number of anilines is 1. The predicted octanol–water partition coefficient (Wildman–Crippen LogP) is 0.933.